The molecule has 0 saturated carbocycles. The van der Waals surface area contributed by atoms with Gasteiger partial charge in [0.2, 0.25) is 5.82 Å². The molecule has 2 N–H and O–H groups in total. The van der Waals surface area contributed by atoms with Gasteiger partial charge in [0, 0.05) is 13.6 Å². The maximum absolute atomic E-state index is 12.9. The van der Waals surface area contributed by atoms with Gasteiger partial charge in [-0.3, -0.25) is 18.7 Å². The number of anilines is 1. The lowest BCUT2D eigenvalue weighted by atomic mass is 10.2. The minimum absolute atomic E-state index is 0.0123. The molecule has 0 aliphatic rings. The van der Waals surface area contributed by atoms with E-state index in [1.54, 1.807) is 37.3 Å². The maximum Gasteiger partial charge on any atom is 0.451 e. The average Bonchev–Trinajstić information content (AvgIpc) is 3.11. The molecule has 0 spiro atoms. The van der Waals surface area contributed by atoms with E-state index < -0.39 is 40.3 Å². The van der Waals surface area contributed by atoms with Crippen LogP contribution in [0.25, 0.3) is 0 Å². The number of rotatable bonds is 7. The van der Waals surface area contributed by atoms with Crippen LogP contribution in [0.2, 0.25) is 0 Å². The van der Waals surface area contributed by atoms with Crippen LogP contribution in [0, 0.1) is 0 Å². The minimum atomic E-state index is -4.70. The molecular formula is C19H19F3N6O3S. The Labute approximate surface area is 183 Å². The second-order valence-electron chi connectivity index (χ2n) is 6.74. The standard InChI is InChI=1S/C19H19F3N6O3S/c1-3-27-15(30)13(14(23)28(18(27)31)9-11-7-5-4-6-8-11)12(29)10-32-17-25-24-16(26(17)2)19(20,21)22/h4-8H,3,9-10,23H2,1-2H3. The van der Waals surface area contributed by atoms with Gasteiger partial charge in [0.15, 0.2) is 10.9 Å². The van der Waals surface area contributed by atoms with Crippen molar-refractivity contribution in [2.24, 2.45) is 7.05 Å². The zero-order valence-electron chi connectivity index (χ0n) is 17.1. The summed E-state index contributed by atoms with van der Waals surface area (Å²) in [5.74, 6) is -2.67. The molecule has 0 saturated heterocycles. The van der Waals surface area contributed by atoms with Gasteiger partial charge in [-0.2, -0.15) is 13.2 Å². The molecule has 0 bridgehead atoms. The molecule has 0 unspecified atom stereocenters. The first-order chi connectivity index (χ1) is 15.1. The van der Waals surface area contributed by atoms with Gasteiger partial charge < -0.3 is 10.3 Å². The van der Waals surface area contributed by atoms with E-state index in [1.165, 1.54) is 0 Å². The van der Waals surface area contributed by atoms with Crippen LogP contribution in [0.5, 0.6) is 0 Å². The second kappa shape index (κ2) is 9.02. The molecular weight excluding hydrogens is 449 g/mol. The third kappa shape index (κ3) is 4.47. The highest BCUT2D eigenvalue weighted by Crippen LogP contribution is 2.29. The predicted molar refractivity (Wildman–Crippen MR) is 112 cm³/mol. The SMILES string of the molecule is CCn1c(=O)c(C(=O)CSc2nnc(C(F)(F)F)n2C)c(N)n(Cc2ccccc2)c1=O. The topological polar surface area (TPSA) is 118 Å². The number of thioether (sulfide) groups is 1. The molecule has 0 aliphatic heterocycles. The Balaban J connectivity index is 1.96. The Bertz CT molecular complexity index is 1260. The minimum Gasteiger partial charge on any atom is -0.384 e. The average molecular weight is 468 g/mol. The molecule has 9 nitrogen and oxygen atoms in total. The Hall–Kier alpha value is -3.35. The highest BCUT2D eigenvalue weighted by Gasteiger charge is 2.37. The summed E-state index contributed by atoms with van der Waals surface area (Å²) in [5.41, 5.74) is 4.88. The zero-order chi connectivity index (χ0) is 23.6. The Morgan fingerprint density at radius 3 is 2.34 bits per heavy atom. The first kappa shape index (κ1) is 23.3. The van der Waals surface area contributed by atoms with Crippen molar-refractivity contribution in [3.63, 3.8) is 0 Å². The number of alkyl halides is 3. The van der Waals surface area contributed by atoms with Crippen LogP contribution in [-0.4, -0.2) is 35.4 Å². The van der Waals surface area contributed by atoms with E-state index in [1.807, 2.05) is 0 Å². The number of nitrogen functional groups attached to an aromatic ring is 1. The number of hydrogen-bond donors (Lipinski definition) is 1. The number of nitrogens with two attached hydrogens (primary N) is 1. The van der Waals surface area contributed by atoms with E-state index in [0.29, 0.717) is 16.3 Å². The number of benzene rings is 1. The smallest absolute Gasteiger partial charge is 0.384 e. The van der Waals surface area contributed by atoms with Crippen LogP contribution in [0.4, 0.5) is 19.0 Å². The Morgan fingerprint density at radius 1 is 1.12 bits per heavy atom. The quantitative estimate of drug-likeness (QED) is 0.415. The van der Waals surface area contributed by atoms with Crippen LogP contribution in [0.1, 0.15) is 28.7 Å². The van der Waals surface area contributed by atoms with E-state index in [4.69, 9.17) is 5.73 Å². The lowest BCUT2D eigenvalue weighted by Gasteiger charge is -2.15. The molecule has 2 aromatic heterocycles. The summed E-state index contributed by atoms with van der Waals surface area (Å²) in [5, 5.41) is 6.39. The van der Waals surface area contributed by atoms with Gasteiger partial charge in [0.1, 0.15) is 11.4 Å². The van der Waals surface area contributed by atoms with Gasteiger partial charge in [-0.05, 0) is 12.5 Å². The summed E-state index contributed by atoms with van der Waals surface area (Å²) in [6, 6.07) is 8.86. The van der Waals surface area contributed by atoms with Crippen LogP contribution >= 0.6 is 11.8 Å². The van der Waals surface area contributed by atoms with Crippen molar-refractivity contribution in [2.45, 2.75) is 31.3 Å². The molecule has 0 amide bonds. The number of Topliss-reactive ketones (excluding diaryl/α,β-unsaturated/α-hetero) is 1. The number of aromatic nitrogens is 5. The van der Waals surface area contributed by atoms with E-state index in [0.717, 1.165) is 21.7 Å². The molecule has 3 aromatic rings. The fourth-order valence-corrected chi connectivity index (χ4v) is 3.85. The van der Waals surface area contributed by atoms with E-state index in [2.05, 4.69) is 10.2 Å². The molecule has 0 aliphatic carbocycles. The summed E-state index contributed by atoms with van der Waals surface area (Å²) >= 11 is 0.681. The first-order valence-corrected chi connectivity index (χ1v) is 10.3. The number of nitrogens with zero attached hydrogens (tertiary/aromatic N) is 5. The molecule has 0 radical (unpaired) electrons. The van der Waals surface area contributed by atoms with Gasteiger partial charge in [-0.25, -0.2) is 4.79 Å². The van der Waals surface area contributed by atoms with Gasteiger partial charge in [-0.15, -0.1) is 10.2 Å². The number of hydrogen-bond acceptors (Lipinski definition) is 7. The highest BCUT2D eigenvalue weighted by atomic mass is 32.2. The molecule has 2 heterocycles. The van der Waals surface area contributed by atoms with Crippen LogP contribution < -0.4 is 17.0 Å². The van der Waals surface area contributed by atoms with Crippen molar-refractivity contribution in [3.8, 4) is 0 Å². The molecule has 13 heteroatoms. The fourth-order valence-electron chi connectivity index (χ4n) is 3.06. The fraction of sp³-hybridized carbons (Fsp3) is 0.316. The van der Waals surface area contributed by atoms with E-state index >= 15 is 0 Å². The van der Waals surface area contributed by atoms with E-state index in [9.17, 15) is 27.6 Å². The normalized spacial score (nSPS) is 11.7. The molecule has 32 heavy (non-hydrogen) atoms. The van der Waals surface area contributed by atoms with Crippen molar-refractivity contribution in [2.75, 3.05) is 11.5 Å². The number of carbonyl (C=O) groups excluding carboxylic acids is 1. The Morgan fingerprint density at radius 2 is 1.78 bits per heavy atom. The van der Waals surface area contributed by atoms with Gasteiger partial charge >= 0.3 is 11.9 Å². The lowest BCUT2D eigenvalue weighted by Crippen LogP contribution is -2.44. The summed E-state index contributed by atoms with van der Waals surface area (Å²) in [6.45, 7) is 1.63. The predicted octanol–water partition coefficient (Wildman–Crippen LogP) is 1.78. The summed E-state index contributed by atoms with van der Waals surface area (Å²) in [7, 11) is 1.12. The maximum atomic E-state index is 12.9. The number of halogens is 3. The molecule has 0 atom stereocenters. The number of carbonyl (C=O) groups is 1. The highest BCUT2D eigenvalue weighted by molar-refractivity contribution is 7.99. The van der Waals surface area contributed by atoms with Crippen molar-refractivity contribution in [3.05, 3.63) is 68.1 Å². The van der Waals surface area contributed by atoms with Crippen molar-refractivity contribution in [1.29, 1.82) is 0 Å². The van der Waals surface area contributed by atoms with Gasteiger partial charge in [-0.1, -0.05) is 42.1 Å². The van der Waals surface area contributed by atoms with Gasteiger partial charge in [0.25, 0.3) is 5.56 Å². The van der Waals surface area contributed by atoms with E-state index in [-0.39, 0.29) is 24.1 Å². The van der Waals surface area contributed by atoms with Crippen LogP contribution in [-0.2, 0) is 26.3 Å². The summed E-state index contributed by atoms with van der Waals surface area (Å²) < 4.78 is 41.4. The molecule has 170 valence electrons. The number of ketones is 1. The zero-order valence-corrected chi connectivity index (χ0v) is 17.9. The second-order valence-corrected chi connectivity index (χ2v) is 7.68. The first-order valence-electron chi connectivity index (χ1n) is 9.35. The monoisotopic (exact) mass is 468 g/mol. The summed E-state index contributed by atoms with van der Waals surface area (Å²) in [6.07, 6.45) is -4.70. The third-order valence-electron chi connectivity index (χ3n) is 4.67. The molecule has 1 aromatic carbocycles. The van der Waals surface area contributed by atoms with Crippen LogP contribution in [0.15, 0.2) is 45.1 Å². The molecule has 0 fully saturated rings. The third-order valence-corrected chi connectivity index (χ3v) is 5.69. The Kier molecular flexibility index (Phi) is 6.57. The van der Waals surface area contributed by atoms with Crippen molar-refractivity contribution in [1.82, 2.24) is 23.9 Å². The van der Waals surface area contributed by atoms with Crippen molar-refractivity contribution >= 4 is 23.4 Å². The van der Waals surface area contributed by atoms with Gasteiger partial charge in [0.05, 0.1) is 12.3 Å². The largest absolute Gasteiger partial charge is 0.451 e. The van der Waals surface area contributed by atoms with Crippen LogP contribution in [0.3, 0.4) is 0 Å². The van der Waals surface area contributed by atoms with Crippen molar-refractivity contribution < 1.29 is 18.0 Å². The summed E-state index contributed by atoms with van der Waals surface area (Å²) in [4.78, 5) is 38.4. The lowest BCUT2D eigenvalue weighted by molar-refractivity contribution is -0.147. The molecule has 3 rings (SSSR count).